The first-order valence-electron chi connectivity index (χ1n) is 18.0. The van der Waals surface area contributed by atoms with Crippen LogP contribution >= 0.6 is 0 Å². The number of nitrogens with one attached hydrogen (secondary N) is 3. The minimum Gasteiger partial charge on any atom is -0.493 e. The first-order chi connectivity index (χ1) is 25.4. The van der Waals surface area contributed by atoms with Crippen molar-refractivity contribution in [2.45, 2.75) is 89.9 Å². The number of ether oxygens (including phenoxy) is 2. The van der Waals surface area contributed by atoms with Crippen LogP contribution in [-0.2, 0) is 20.9 Å². The fourth-order valence-electron chi connectivity index (χ4n) is 7.27. The molecule has 2 atom stereocenters. The van der Waals surface area contributed by atoms with Crippen molar-refractivity contribution < 1.29 is 38.6 Å². The van der Waals surface area contributed by atoms with Gasteiger partial charge in [-0.15, -0.1) is 0 Å². The maximum atomic E-state index is 14.6. The number of carboxylic acids is 1. The second kappa shape index (κ2) is 16.8. The number of urea groups is 2. The van der Waals surface area contributed by atoms with Crippen LogP contribution < -0.4 is 25.4 Å². The minimum atomic E-state index is -1.17. The maximum absolute atomic E-state index is 14.6. The molecular formula is C40H49N5O8. The van der Waals surface area contributed by atoms with E-state index in [0.717, 1.165) is 35.3 Å². The van der Waals surface area contributed by atoms with E-state index in [0.29, 0.717) is 41.3 Å². The highest BCUT2D eigenvalue weighted by Gasteiger charge is 2.59. The second-order valence-corrected chi connectivity index (χ2v) is 14.1. The minimum absolute atomic E-state index is 0.0789. The standard InChI is InChI=1S/C40H49N5O8/c1-25(2)21-32(36(48)42-31(23-35(46)47)28-15-18-33(52-4)34(22-28)53-5)45-37(49)40(19-9-6-10-20-40)44(39(45)51)24-27-13-16-29(17-14-27)41-38(50)43-30-12-8-7-11-26(30)3/h7-8,11-18,22,25,31-32H,6,9-10,19-21,23-24H2,1-5H3,(H,42,48)(H,46,47)(H2,41,43,50)/t31-,32-/m0/s1. The van der Waals surface area contributed by atoms with Gasteiger partial charge in [-0.3, -0.25) is 14.4 Å². The summed E-state index contributed by atoms with van der Waals surface area (Å²) in [5.41, 5.74) is 2.29. The van der Waals surface area contributed by atoms with Crippen molar-refractivity contribution in [3.05, 3.63) is 83.4 Å². The number of anilines is 2. The molecule has 0 bridgehead atoms. The molecule has 5 rings (SSSR count). The highest BCUT2D eigenvalue weighted by molar-refractivity contribution is 6.10. The van der Waals surface area contributed by atoms with E-state index in [2.05, 4.69) is 16.0 Å². The van der Waals surface area contributed by atoms with Crippen LogP contribution in [0, 0.1) is 12.8 Å². The number of amides is 6. The monoisotopic (exact) mass is 727 g/mol. The van der Waals surface area contributed by atoms with Gasteiger partial charge in [0.05, 0.1) is 26.7 Å². The molecule has 6 amide bonds. The topological polar surface area (TPSA) is 167 Å². The van der Waals surface area contributed by atoms with E-state index in [1.165, 1.54) is 14.2 Å². The highest BCUT2D eigenvalue weighted by atomic mass is 16.5. The van der Waals surface area contributed by atoms with Gasteiger partial charge in [0.1, 0.15) is 11.6 Å². The van der Waals surface area contributed by atoms with Gasteiger partial charge in [0.25, 0.3) is 5.91 Å². The summed E-state index contributed by atoms with van der Waals surface area (Å²) in [7, 11) is 2.94. The van der Waals surface area contributed by atoms with Crippen LogP contribution in [0.3, 0.4) is 0 Å². The zero-order chi connectivity index (χ0) is 38.3. The van der Waals surface area contributed by atoms with Crippen molar-refractivity contribution in [2.24, 2.45) is 5.92 Å². The normalized spacial score (nSPS) is 16.3. The molecule has 1 spiro atoms. The number of benzene rings is 3. The van der Waals surface area contributed by atoms with Gasteiger partial charge in [0.2, 0.25) is 5.91 Å². The summed E-state index contributed by atoms with van der Waals surface area (Å²) in [4.78, 5) is 70.6. The number of nitrogens with zero attached hydrogens (tertiary/aromatic N) is 2. The molecule has 2 aliphatic rings. The third kappa shape index (κ3) is 8.73. The lowest BCUT2D eigenvalue weighted by Gasteiger charge is -2.38. The van der Waals surface area contributed by atoms with E-state index in [4.69, 9.17) is 9.47 Å². The Morgan fingerprint density at radius 3 is 2.19 bits per heavy atom. The average Bonchev–Trinajstić information content (AvgIpc) is 3.32. The van der Waals surface area contributed by atoms with E-state index in [1.54, 1.807) is 47.4 Å². The van der Waals surface area contributed by atoms with E-state index in [9.17, 15) is 29.1 Å². The fraction of sp³-hybridized carbons (Fsp3) is 0.425. The lowest BCUT2D eigenvalue weighted by atomic mass is 9.80. The summed E-state index contributed by atoms with van der Waals surface area (Å²) in [5.74, 6) is -1.44. The lowest BCUT2D eigenvalue weighted by molar-refractivity contribution is -0.142. The molecule has 1 aliphatic carbocycles. The van der Waals surface area contributed by atoms with Gasteiger partial charge in [-0.2, -0.15) is 0 Å². The van der Waals surface area contributed by atoms with E-state index in [1.807, 2.05) is 45.0 Å². The van der Waals surface area contributed by atoms with Gasteiger partial charge < -0.3 is 35.4 Å². The number of hydrogen-bond acceptors (Lipinski definition) is 7. The Kier molecular flexibility index (Phi) is 12.3. The summed E-state index contributed by atoms with van der Waals surface area (Å²) in [5, 5.41) is 18.3. The zero-order valence-electron chi connectivity index (χ0n) is 30.9. The molecule has 0 aromatic heterocycles. The quantitative estimate of drug-likeness (QED) is 0.131. The van der Waals surface area contributed by atoms with Gasteiger partial charge in [-0.05, 0) is 79.1 Å². The number of hydrogen-bond donors (Lipinski definition) is 4. The van der Waals surface area contributed by atoms with Crippen LogP contribution in [0.2, 0.25) is 0 Å². The predicted octanol–water partition coefficient (Wildman–Crippen LogP) is 6.87. The van der Waals surface area contributed by atoms with Crippen molar-refractivity contribution >= 4 is 41.2 Å². The largest absolute Gasteiger partial charge is 0.493 e. The lowest BCUT2D eigenvalue weighted by Crippen LogP contribution is -2.53. The number of aliphatic carboxylic acids is 1. The molecule has 13 nitrogen and oxygen atoms in total. The van der Waals surface area contributed by atoms with E-state index >= 15 is 0 Å². The SMILES string of the molecule is COc1ccc([C@H](CC(=O)O)NC(=O)[C@H](CC(C)C)N2C(=O)N(Cc3ccc(NC(=O)Nc4ccccc4C)cc3)C3(CCCCC3)C2=O)cc1OC. The molecule has 1 aliphatic heterocycles. The summed E-state index contributed by atoms with van der Waals surface area (Å²) in [6.07, 6.45) is 3.12. The van der Waals surface area contributed by atoms with Gasteiger partial charge in [-0.25, -0.2) is 14.5 Å². The molecule has 1 saturated heterocycles. The van der Waals surface area contributed by atoms with Crippen molar-refractivity contribution in [2.75, 3.05) is 24.9 Å². The smallest absolute Gasteiger partial charge is 0.328 e. The first kappa shape index (κ1) is 38.6. The number of para-hydroxylation sites is 1. The van der Waals surface area contributed by atoms with Crippen molar-refractivity contribution in [3.63, 3.8) is 0 Å². The molecule has 0 unspecified atom stereocenters. The first-order valence-corrected chi connectivity index (χ1v) is 18.0. The summed E-state index contributed by atoms with van der Waals surface area (Å²) in [6, 6.07) is 16.3. The van der Waals surface area contributed by atoms with Crippen LogP contribution in [0.1, 0.15) is 81.5 Å². The molecule has 3 aromatic rings. The number of carboxylic acid groups (broad SMARTS) is 1. The second-order valence-electron chi connectivity index (χ2n) is 14.1. The Morgan fingerprint density at radius 2 is 1.57 bits per heavy atom. The third-order valence-corrected chi connectivity index (χ3v) is 10.0. The summed E-state index contributed by atoms with van der Waals surface area (Å²) >= 11 is 0. The third-order valence-electron chi connectivity index (χ3n) is 10.0. The number of aryl methyl sites for hydroxylation is 1. The van der Waals surface area contributed by atoms with Crippen molar-refractivity contribution in [1.29, 1.82) is 0 Å². The van der Waals surface area contributed by atoms with Gasteiger partial charge in [-0.1, -0.05) is 69.5 Å². The van der Waals surface area contributed by atoms with Gasteiger partial charge in [0.15, 0.2) is 11.5 Å². The molecule has 2 fully saturated rings. The number of rotatable bonds is 14. The van der Waals surface area contributed by atoms with Crippen molar-refractivity contribution in [1.82, 2.24) is 15.1 Å². The number of imide groups is 1. The fourth-order valence-corrected chi connectivity index (χ4v) is 7.27. The van der Waals surface area contributed by atoms with Crippen LogP contribution in [0.5, 0.6) is 11.5 Å². The molecule has 4 N–H and O–H groups in total. The van der Waals surface area contributed by atoms with E-state index in [-0.39, 0.29) is 18.9 Å². The van der Waals surface area contributed by atoms with Gasteiger partial charge >= 0.3 is 18.0 Å². The summed E-state index contributed by atoms with van der Waals surface area (Å²) < 4.78 is 10.7. The Hall–Kier alpha value is -5.59. The Bertz CT molecular complexity index is 1820. The number of carbonyl (C=O) groups is 5. The van der Waals surface area contributed by atoms with Crippen molar-refractivity contribution in [3.8, 4) is 11.5 Å². The highest BCUT2D eigenvalue weighted by Crippen LogP contribution is 2.43. The molecule has 0 radical (unpaired) electrons. The molecule has 1 saturated carbocycles. The molecule has 53 heavy (non-hydrogen) atoms. The Morgan fingerprint density at radius 1 is 0.887 bits per heavy atom. The number of carbonyl (C=O) groups excluding carboxylic acids is 4. The van der Waals surface area contributed by atoms with E-state index < -0.39 is 53.9 Å². The van der Waals surface area contributed by atoms with Crippen LogP contribution in [0.4, 0.5) is 21.0 Å². The molecule has 282 valence electrons. The van der Waals surface area contributed by atoms with Gasteiger partial charge in [0, 0.05) is 17.9 Å². The zero-order valence-corrected chi connectivity index (χ0v) is 30.9. The van der Waals surface area contributed by atoms with Crippen LogP contribution in [-0.4, -0.2) is 70.6 Å². The number of methoxy groups -OCH3 is 2. The van der Waals surface area contributed by atoms with Crippen LogP contribution in [0.15, 0.2) is 66.7 Å². The Balaban J connectivity index is 1.39. The average molecular weight is 728 g/mol. The molecular weight excluding hydrogens is 678 g/mol. The maximum Gasteiger partial charge on any atom is 0.328 e. The molecule has 13 heteroatoms. The predicted molar refractivity (Wildman–Crippen MR) is 200 cm³/mol. The van der Waals surface area contributed by atoms with Crippen LogP contribution in [0.25, 0.3) is 0 Å². The Labute approximate surface area is 310 Å². The summed E-state index contributed by atoms with van der Waals surface area (Å²) in [6.45, 7) is 5.84. The molecule has 1 heterocycles. The molecule has 3 aromatic carbocycles.